The Kier molecular flexibility index (Phi) is 4.61. The topological polar surface area (TPSA) is 20.2 Å². The van der Waals surface area contributed by atoms with Crippen molar-refractivity contribution in [1.82, 2.24) is 9.58 Å². The van der Waals surface area contributed by atoms with E-state index in [0.29, 0.717) is 12.0 Å². The first-order valence-corrected chi connectivity index (χ1v) is 7.98. The Bertz CT molecular complexity index is 513. The minimum Gasteiger partial charge on any atom is -0.323 e. The van der Waals surface area contributed by atoms with E-state index in [2.05, 4.69) is 76.8 Å². The van der Waals surface area contributed by atoms with Crippen molar-refractivity contribution in [3.8, 4) is 0 Å². The Morgan fingerprint density at radius 1 is 1.05 bits per heavy atom. The molecule has 1 fully saturated rings. The van der Waals surface area contributed by atoms with E-state index in [1.54, 1.807) is 0 Å². The molecule has 0 radical (unpaired) electrons. The summed E-state index contributed by atoms with van der Waals surface area (Å²) in [5.74, 6) is 0.611. The van der Waals surface area contributed by atoms with Crippen molar-refractivity contribution >= 4 is 0 Å². The van der Waals surface area contributed by atoms with Gasteiger partial charge in [0, 0.05) is 38.1 Å². The van der Waals surface area contributed by atoms with Crippen molar-refractivity contribution in [3.63, 3.8) is 0 Å². The third-order valence-electron chi connectivity index (χ3n) is 4.42. The number of hydrogen-bond donors (Lipinski definition) is 1. The third-order valence-corrected chi connectivity index (χ3v) is 4.42. The summed E-state index contributed by atoms with van der Waals surface area (Å²) >= 11 is 0. The van der Waals surface area contributed by atoms with Crippen LogP contribution in [0.3, 0.4) is 0 Å². The first kappa shape index (κ1) is 14.2. The normalized spacial score (nSPS) is 18.5. The number of rotatable bonds is 5. The van der Waals surface area contributed by atoms with E-state index in [-0.39, 0.29) is 0 Å². The summed E-state index contributed by atoms with van der Waals surface area (Å²) in [5.41, 5.74) is 5.01. The Hall–Kier alpha value is -1.74. The molecule has 1 saturated heterocycles. The van der Waals surface area contributed by atoms with Crippen LogP contribution in [0.25, 0.3) is 0 Å². The Balaban J connectivity index is 1.45. The van der Waals surface area contributed by atoms with Crippen LogP contribution in [-0.4, -0.2) is 35.3 Å². The van der Waals surface area contributed by atoms with Gasteiger partial charge in [-0.15, -0.1) is 0 Å². The van der Waals surface area contributed by atoms with Crippen LogP contribution in [0.5, 0.6) is 0 Å². The molecule has 1 atom stereocenters. The number of hydrogen-bond acceptors (Lipinski definition) is 2. The van der Waals surface area contributed by atoms with Gasteiger partial charge in [0.05, 0.1) is 0 Å². The first-order chi connectivity index (χ1) is 10.3. The summed E-state index contributed by atoms with van der Waals surface area (Å²) in [5, 5.41) is 0. The van der Waals surface area contributed by atoms with Crippen LogP contribution in [0, 0.1) is 0 Å². The molecule has 1 aromatic carbocycles. The maximum atomic E-state index is 3.56. The summed E-state index contributed by atoms with van der Waals surface area (Å²) in [6.45, 7) is 5.88. The number of benzene rings is 1. The highest BCUT2D eigenvalue weighted by molar-refractivity contribution is 5.19. The molecule has 2 aromatic rings. The Morgan fingerprint density at radius 3 is 2.38 bits per heavy atom. The molecule has 3 nitrogen and oxygen atoms in total. The number of aromatic nitrogens is 1. The second-order valence-corrected chi connectivity index (χ2v) is 6.11. The van der Waals surface area contributed by atoms with Crippen LogP contribution in [0.4, 0.5) is 0 Å². The predicted molar refractivity (Wildman–Crippen MR) is 88.1 cm³/mol. The van der Waals surface area contributed by atoms with E-state index in [4.69, 9.17) is 0 Å². The molecule has 0 saturated carbocycles. The van der Waals surface area contributed by atoms with Gasteiger partial charge in [-0.05, 0) is 36.5 Å². The number of nitrogens with one attached hydrogen (secondary N) is 1. The molecule has 0 amide bonds. The fraction of sp³-hybridized carbons (Fsp3) is 0.444. The summed E-state index contributed by atoms with van der Waals surface area (Å²) < 4.78 is 2.08. The van der Waals surface area contributed by atoms with Gasteiger partial charge < -0.3 is 10.3 Å². The van der Waals surface area contributed by atoms with E-state index in [0.717, 1.165) is 0 Å². The Labute approximate surface area is 127 Å². The molecule has 1 unspecified atom stereocenters. The zero-order chi connectivity index (χ0) is 14.5. The van der Waals surface area contributed by atoms with Gasteiger partial charge in [0.1, 0.15) is 0 Å². The number of nitrogens with zero attached hydrogens (tertiary/aromatic N) is 2. The van der Waals surface area contributed by atoms with Crippen molar-refractivity contribution in [1.29, 1.82) is 0 Å². The second kappa shape index (κ2) is 6.81. The van der Waals surface area contributed by atoms with E-state index >= 15 is 0 Å². The van der Waals surface area contributed by atoms with Crippen LogP contribution in [0.1, 0.15) is 31.2 Å². The molecule has 1 aliphatic rings. The summed E-state index contributed by atoms with van der Waals surface area (Å²) in [7, 11) is 0. The standard InChI is InChI=1S/C18H25N3/c1-16(17-7-3-2-4-8-17)15-20-13-9-18(10-14-20)19-21-11-5-6-12-21/h2-8,11-12,16,18-19H,9-10,13-15H2,1H3. The quantitative estimate of drug-likeness (QED) is 0.908. The van der Waals surface area contributed by atoms with Crippen LogP contribution >= 0.6 is 0 Å². The van der Waals surface area contributed by atoms with E-state index < -0.39 is 0 Å². The number of piperidine rings is 1. The molecule has 1 aromatic heterocycles. The lowest BCUT2D eigenvalue weighted by Crippen LogP contribution is -2.42. The molecular weight excluding hydrogens is 258 g/mol. The summed E-state index contributed by atoms with van der Waals surface area (Å²) in [4.78, 5) is 2.60. The lowest BCUT2D eigenvalue weighted by molar-refractivity contribution is 0.206. The van der Waals surface area contributed by atoms with E-state index in [9.17, 15) is 0 Å². The maximum Gasteiger partial charge on any atom is 0.0448 e. The van der Waals surface area contributed by atoms with Crippen LogP contribution < -0.4 is 5.43 Å². The van der Waals surface area contributed by atoms with Gasteiger partial charge in [-0.3, -0.25) is 4.68 Å². The van der Waals surface area contributed by atoms with Crippen LogP contribution in [-0.2, 0) is 0 Å². The molecule has 1 aliphatic heterocycles. The SMILES string of the molecule is CC(CN1CCC(Nn2cccc2)CC1)c1ccccc1. The van der Waals surface area contributed by atoms with Gasteiger partial charge in [-0.1, -0.05) is 37.3 Å². The lowest BCUT2D eigenvalue weighted by atomic mass is 9.98. The van der Waals surface area contributed by atoms with Crippen molar-refractivity contribution in [3.05, 3.63) is 60.4 Å². The second-order valence-electron chi connectivity index (χ2n) is 6.11. The molecule has 21 heavy (non-hydrogen) atoms. The summed E-state index contributed by atoms with van der Waals surface area (Å²) in [6.07, 6.45) is 6.59. The van der Waals surface area contributed by atoms with Gasteiger partial charge in [-0.2, -0.15) is 0 Å². The highest BCUT2D eigenvalue weighted by atomic mass is 15.4. The zero-order valence-electron chi connectivity index (χ0n) is 12.8. The highest BCUT2D eigenvalue weighted by Crippen LogP contribution is 2.19. The number of likely N-dealkylation sites (tertiary alicyclic amines) is 1. The van der Waals surface area contributed by atoms with E-state index in [1.165, 1.54) is 38.0 Å². The van der Waals surface area contributed by atoms with Gasteiger partial charge in [0.25, 0.3) is 0 Å². The fourth-order valence-corrected chi connectivity index (χ4v) is 3.15. The molecule has 2 heterocycles. The molecular formula is C18H25N3. The van der Waals surface area contributed by atoms with E-state index in [1.807, 2.05) is 0 Å². The molecule has 0 spiro atoms. The van der Waals surface area contributed by atoms with Gasteiger partial charge in [0.15, 0.2) is 0 Å². The zero-order valence-corrected chi connectivity index (χ0v) is 12.8. The smallest absolute Gasteiger partial charge is 0.0448 e. The van der Waals surface area contributed by atoms with Crippen molar-refractivity contribution in [2.24, 2.45) is 0 Å². The van der Waals surface area contributed by atoms with Crippen molar-refractivity contribution in [2.45, 2.75) is 31.7 Å². The molecule has 112 valence electrons. The lowest BCUT2D eigenvalue weighted by Gasteiger charge is -2.34. The van der Waals surface area contributed by atoms with Gasteiger partial charge >= 0.3 is 0 Å². The minimum atomic E-state index is 0.598. The van der Waals surface area contributed by atoms with Crippen LogP contribution in [0.15, 0.2) is 54.9 Å². The van der Waals surface area contributed by atoms with Crippen LogP contribution in [0.2, 0.25) is 0 Å². The third kappa shape index (κ3) is 3.88. The molecule has 1 N–H and O–H groups in total. The largest absolute Gasteiger partial charge is 0.323 e. The summed E-state index contributed by atoms with van der Waals surface area (Å²) in [6, 6.07) is 15.6. The van der Waals surface area contributed by atoms with Gasteiger partial charge in [-0.25, -0.2) is 0 Å². The average molecular weight is 283 g/mol. The fourth-order valence-electron chi connectivity index (χ4n) is 3.15. The highest BCUT2D eigenvalue weighted by Gasteiger charge is 2.20. The first-order valence-electron chi connectivity index (χ1n) is 7.98. The minimum absolute atomic E-state index is 0.598. The van der Waals surface area contributed by atoms with Crippen molar-refractivity contribution < 1.29 is 0 Å². The molecule has 0 bridgehead atoms. The predicted octanol–water partition coefficient (Wildman–Crippen LogP) is 3.30. The Morgan fingerprint density at radius 2 is 1.71 bits per heavy atom. The maximum absolute atomic E-state index is 3.56. The molecule has 3 heteroatoms. The average Bonchev–Trinajstić information content (AvgIpc) is 3.03. The molecule has 0 aliphatic carbocycles. The monoisotopic (exact) mass is 283 g/mol. The van der Waals surface area contributed by atoms with Crippen molar-refractivity contribution in [2.75, 3.05) is 25.1 Å². The van der Waals surface area contributed by atoms with Gasteiger partial charge in [0.2, 0.25) is 0 Å². The molecule has 3 rings (SSSR count).